The Morgan fingerprint density at radius 2 is 1.94 bits per heavy atom. The predicted octanol–water partition coefficient (Wildman–Crippen LogP) is 6.42. The number of H-pyrrole nitrogens is 1. The van der Waals surface area contributed by atoms with Crippen molar-refractivity contribution < 1.29 is 4.79 Å². The maximum atomic E-state index is 13.3. The molecule has 1 atom stereocenters. The molecule has 0 fully saturated rings. The Morgan fingerprint density at radius 3 is 2.62 bits per heavy atom. The number of aromatic amines is 1. The fraction of sp³-hybridized carbons (Fsp3) is 0.458. The van der Waals surface area contributed by atoms with Crippen LogP contribution in [0.5, 0.6) is 0 Å². The van der Waals surface area contributed by atoms with Crippen molar-refractivity contribution in [1.82, 2.24) is 9.97 Å². The zero-order chi connectivity index (χ0) is 23.2. The minimum Gasteiger partial charge on any atom is -0.343 e. The van der Waals surface area contributed by atoms with Crippen molar-refractivity contribution in [3.8, 4) is 0 Å². The highest BCUT2D eigenvalue weighted by molar-refractivity contribution is 7.99. The van der Waals surface area contributed by atoms with E-state index in [1.54, 1.807) is 12.1 Å². The first-order valence-electron chi connectivity index (χ1n) is 10.8. The Labute approximate surface area is 202 Å². The predicted molar refractivity (Wildman–Crippen MR) is 132 cm³/mol. The van der Waals surface area contributed by atoms with Crippen LogP contribution < -0.4 is 10.9 Å². The van der Waals surface area contributed by atoms with Crippen LogP contribution in [-0.2, 0) is 4.79 Å². The van der Waals surface area contributed by atoms with Gasteiger partial charge in [0.2, 0.25) is 0 Å². The van der Waals surface area contributed by atoms with E-state index < -0.39 is 5.92 Å². The molecule has 0 radical (unpaired) electrons. The summed E-state index contributed by atoms with van der Waals surface area (Å²) in [5, 5.41) is 4.75. The van der Waals surface area contributed by atoms with Crippen LogP contribution in [0, 0.1) is 11.3 Å². The number of ketones is 1. The molecule has 1 aromatic heterocycles. The zero-order valence-corrected chi connectivity index (χ0v) is 21.0. The summed E-state index contributed by atoms with van der Waals surface area (Å²) < 4.78 is 0. The molecule has 0 amide bonds. The van der Waals surface area contributed by atoms with Crippen LogP contribution in [0.3, 0.4) is 0 Å². The van der Waals surface area contributed by atoms with Crippen molar-refractivity contribution in [2.45, 2.75) is 58.0 Å². The van der Waals surface area contributed by atoms with Crippen LogP contribution >= 0.6 is 35.0 Å². The van der Waals surface area contributed by atoms with Crippen LogP contribution in [0.2, 0.25) is 10.0 Å². The lowest BCUT2D eigenvalue weighted by Crippen LogP contribution is -2.37. The number of rotatable bonds is 5. The second-order valence-corrected chi connectivity index (χ2v) is 11.6. The van der Waals surface area contributed by atoms with E-state index in [0.29, 0.717) is 50.9 Å². The van der Waals surface area contributed by atoms with Gasteiger partial charge in [-0.25, -0.2) is 4.98 Å². The average molecular weight is 492 g/mol. The molecule has 5 nitrogen and oxygen atoms in total. The third kappa shape index (κ3) is 4.63. The average Bonchev–Trinajstić information content (AvgIpc) is 2.67. The third-order valence-electron chi connectivity index (χ3n) is 5.91. The van der Waals surface area contributed by atoms with Gasteiger partial charge in [0.1, 0.15) is 5.82 Å². The summed E-state index contributed by atoms with van der Waals surface area (Å²) in [6.07, 6.45) is 2.16. The second kappa shape index (κ2) is 8.88. The molecule has 0 saturated heterocycles. The molecule has 1 aromatic carbocycles. The fourth-order valence-electron chi connectivity index (χ4n) is 4.38. The second-order valence-electron chi connectivity index (χ2n) is 9.73. The van der Waals surface area contributed by atoms with Gasteiger partial charge in [0.25, 0.3) is 5.56 Å². The number of carbonyl (C=O) groups is 1. The van der Waals surface area contributed by atoms with Crippen LogP contribution in [0.4, 0.5) is 5.82 Å². The molecule has 2 aliphatic rings. The number of Topliss-reactive ketones (excluding diaryl/α,β-unsaturated/α-hetero) is 1. The largest absolute Gasteiger partial charge is 0.343 e. The molecule has 2 N–H and O–H groups in total. The van der Waals surface area contributed by atoms with Crippen LogP contribution in [-0.4, -0.2) is 21.5 Å². The third-order valence-corrected chi connectivity index (χ3v) is 7.56. The number of benzene rings is 1. The van der Waals surface area contributed by atoms with E-state index in [2.05, 4.69) is 38.0 Å². The van der Waals surface area contributed by atoms with Gasteiger partial charge in [-0.1, -0.05) is 68.7 Å². The molecule has 1 aliphatic heterocycles. The summed E-state index contributed by atoms with van der Waals surface area (Å²) in [7, 11) is 0. The molecule has 1 unspecified atom stereocenters. The minimum absolute atomic E-state index is 0.0419. The monoisotopic (exact) mass is 491 g/mol. The van der Waals surface area contributed by atoms with E-state index in [0.717, 1.165) is 23.4 Å². The highest BCUT2D eigenvalue weighted by Crippen LogP contribution is 2.48. The lowest BCUT2D eigenvalue weighted by molar-refractivity contribution is -0.118. The summed E-state index contributed by atoms with van der Waals surface area (Å²) in [6.45, 7) is 8.50. The van der Waals surface area contributed by atoms with Gasteiger partial charge in [0.05, 0.1) is 15.6 Å². The number of carbonyl (C=O) groups excluding carboxylic acids is 1. The zero-order valence-electron chi connectivity index (χ0n) is 18.6. The molecule has 4 rings (SSSR count). The maximum Gasteiger partial charge on any atom is 0.257 e. The van der Waals surface area contributed by atoms with E-state index >= 15 is 0 Å². The van der Waals surface area contributed by atoms with Gasteiger partial charge < -0.3 is 10.3 Å². The summed E-state index contributed by atoms with van der Waals surface area (Å²) in [5.74, 6) is 1.47. The van der Waals surface area contributed by atoms with Crippen molar-refractivity contribution in [2.75, 3.05) is 11.1 Å². The SMILES string of the molecule is CC(C)CCSc1nc2c(c(=O)[nH]1)C(c1ccc(Cl)c(Cl)c1)C1=C(CC(C)(C)CC1=O)N2. The van der Waals surface area contributed by atoms with Gasteiger partial charge >= 0.3 is 0 Å². The molecule has 170 valence electrons. The van der Waals surface area contributed by atoms with E-state index in [9.17, 15) is 9.59 Å². The number of hydrogen-bond donors (Lipinski definition) is 2. The fourth-order valence-corrected chi connectivity index (χ4v) is 5.79. The van der Waals surface area contributed by atoms with Gasteiger partial charge in [-0.15, -0.1) is 0 Å². The van der Waals surface area contributed by atoms with Gasteiger partial charge in [0.15, 0.2) is 10.9 Å². The summed E-state index contributed by atoms with van der Waals surface area (Å²) >= 11 is 14.0. The van der Waals surface area contributed by atoms with Gasteiger partial charge in [-0.2, -0.15) is 0 Å². The first-order chi connectivity index (χ1) is 15.1. The molecule has 0 bridgehead atoms. The number of fused-ring (bicyclic) bond motifs is 1. The van der Waals surface area contributed by atoms with Gasteiger partial charge in [-0.3, -0.25) is 9.59 Å². The van der Waals surface area contributed by atoms with Crippen molar-refractivity contribution in [3.63, 3.8) is 0 Å². The van der Waals surface area contributed by atoms with E-state index in [4.69, 9.17) is 28.2 Å². The van der Waals surface area contributed by atoms with Crippen molar-refractivity contribution in [2.24, 2.45) is 11.3 Å². The first-order valence-corrected chi connectivity index (χ1v) is 12.5. The number of nitrogens with zero attached hydrogens (tertiary/aromatic N) is 1. The van der Waals surface area contributed by atoms with Crippen molar-refractivity contribution in [3.05, 3.63) is 61.0 Å². The molecule has 0 spiro atoms. The minimum atomic E-state index is -0.536. The number of nitrogens with one attached hydrogen (secondary N) is 2. The van der Waals surface area contributed by atoms with Crippen molar-refractivity contribution >= 4 is 46.6 Å². The number of allylic oxidation sites excluding steroid dienone is 2. The van der Waals surface area contributed by atoms with E-state index in [-0.39, 0.29) is 16.8 Å². The van der Waals surface area contributed by atoms with Crippen LogP contribution in [0.15, 0.2) is 39.4 Å². The number of anilines is 1. The summed E-state index contributed by atoms with van der Waals surface area (Å²) in [6, 6.07) is 5.28. The van der Waals surface area contributed by atoms with Gasteiger partial charge in [0, 0.05) is 29.4 Å². The molecule has 2 heterocycles. The van der Waals surface area contributed by atoms with Crippen LogP contribution in [0.1, 0.15) is 64.0 Å². The quantitative estimate of drug-likeness (QED) is 0.372. The smallest absolute Gasteiger partial charge is 0.257 e. The molecule has 2 aromatic rings. The normalized spacial score (nSPS) is 19.6. The Balaban J connectivity index is 1.85. The molecule has 0 saturated carbocycles. The molecular weight excluding hydrogens is 465 g/mol. The Hall–Kier alpha value is -1.76. The Morgan fingerprint density at radius 1 is 1.19 bits per heavy atom. The maximum absolute atomic E-state index is 13.3. The van der Waals surface area contributed by atoms with E-state index in [1.807, 2.05) is 6.07 Å². The molecule has 1 aliphatic carbocycles. The number of aromatic nitrogens is 2. The highest BCUT2D eigenvalue weighted by Gasteiger charge is 2.42. The van der Waals surface area contributed by atoms with Crippen molar-refractivity contribution in [1.29, 1.82) is 0 Å². The van der Waals surface area contributed by atoms with Gasteiger partial charge in [-0.05, 0) is 41.9 Å². The standard InChI is InChI=1S/C24H27Cl2N3O2S/c1-12(2)7-8-32-23-28-21-20(22(31)29-23)18(13-5-6-14(25)15(26)9-13)19-16(27-21)10-24(3,4)11-17(19)30/h5-6,9,12,18H,7-8,10-11H2,1-4H3,(H2,27,28,29,31). The molecule has 8 heteroatoms. The topological polar surface area (TPSA) is 74.8 Å². The molecule has 32 heavy (non-hydrogen) atoms. The Kier molecular flexibility index (Phi) is 6.49. The lowest BCUT2D eigenvalue weighted by Gasteiger charge is -2.38. The van der Waals surface area contributed by atoms with Crippen LogP contribution in [0.25, 0.3) is 0 Å². The number of thioether (sulfide) groups is 1. The number of halogens is 2. The summed E-state index contributed by atoms with van der Waals surface area (Å²) in [5.41, 5.74) is 2.26. The van der Waals surface area contributed by atoms with E-state index in [1.165, 1.54) is 11.8 Å². The summed E-state index contributed by atoms with van der Waals surface area (Å²) in [4.78, 5) is 34.2. The highest BCUT2D eigenvalue weighted by atomic mass is 35.5. The Bertz CT molecular complexity index is 1170. The number of hydrogen-bond acceptors (Lipinski definition) is 5. The molecular formula is C24H27Cl2N3O2S. The lowest BCUT2D eigenvalue weighted by atomic mass is 9.69. The first kappa shape index (κ1) is 23.4.